The number of nitrogens with zero attached hydrogens (tertiary/aromatic N) is 2. The Hall–Kier alpha value is -6.51. The van der Waals surface area contributed by atoms with E-state index in [1.165, 1.54) is 65.7 Å². The highest BCUT2D eigenvalue weighted by Gasteiger charge is 2.21. The highest BCUT2D eigenvalue weighted by molar-refractivity contribution is 6.24. The van der Waals surface area contributed by atoms with Crippen LogP contribution in [0.25, 0.3) is 82.3 Å². The SMILES string of the molecule is C=CN=Cc1c(C)n(-c2ccc(-c3c4ccccc4c(-c4ccccc4)c4ccccc34)c3ccccc23)c2ccc(-c3ccccc3)cc12. The summed E-state index contributed by atoms with van der Waals surface area (Å²) in [5.74, 6) is 0. The van der Waals surface area contributed by atoms with Gasteiger partial charge in [-0.25, -0.2) is 0 Å². The smallest absolute Gasteiger partial charge is 0.0538 e. The highest BCUT2D eigenvalue weighted by atomic mass is 15.0. The Morgan fingerprint density at radius 2 is 1.02 bits per heavy atom. The van der Waals surface area contributed by atoms with E-state index >= 15 is 0 Å². The summed E-state index contributed by atoms with van der Waals surface area (Å²) in [6.07, 6.45) is 3.55. The molecule has 0 aliphatic rings. The predicted octanol–water partition coefficient (Wildman–Crippen LogP) is 13.0. The molecule has 2 nitrogen and oxygen atoms in total. The largest absolute Gasteiger partial charge is 0.313 e. The lowest BCUT2D eigenvalue weighted by Crippen LogP contribution is -2.00. The molecule has 0 bridgehead atoms. The number of fused-ring (bicyclic) bond motifs is 4. The molecule has 0 radical (unpaired) electrons. The number of hydrogen-bond donors (Lipinski definition) is 0. The van der Waals surface area contributed by atoms with Gasteiger partial charge in [-0.1, -0.05) is 152 Å². The molecule has 1 aromatic heterocycles. The van der Waals surface area contributed by atoms with Crippen LogP contribution in [0, 0.1) is 6.92 Å². The van der Waals surface area contributed by atoms with Crippen LogP contribution in [0.3, 0.4) is 0 Å². The van der Waals surface area contributed by atoms with Gasteiger partial charge in [0.2, 0.25) is 0 Å². The van der Waals surface area contributed by atoms with Crippen LogP contribution in [0.1, 0.15) is 11.3 Å². The number of rotatable bonds is 6. The molecule has 0 atom stereocenters. The van der Waals surface area contributed by atoms with Crippen LogP contribution in [0.4, 0.5) is 0 Å². The molecule has 236 valence electrons. The molecule has 50 heavy (non-hydrogen) atoms. The van der Waals surface area contributed by atoms with Crippen molar-refractivity contribution in [1.29, 1.82) is 0 Å². The van der Waals surface area contributed by atoms with E-state index < -0.39 is 0 Å². The minimum atomic E-state index is 1.10. The highest BCUT2D eigenvalue weighted by Crippen LogP contribution is 2.46. The molecule has 9 aromatic rings. The molecule has 0 saturated heterocycles. The van der Waals surface area contributed by atoms with Gasteiger partial charge in [0.05, 0.1) is 11.2 Å². The Morgan fingerprint density at radius 3 is 1.64 bits per heavy atom. The van der Waals surface area contributed by atoms with Crippen molar-refractivity contribution in [2.45, 2.75) is 6.92 Å². The van der Waals surface area contributed by atoms with Crippen molar-refractivity contribution >= 4 is 49.4 Å². The quantitative estimate of drug-likeness (QED) is 0.127. The Balaban J connectivity index is 1.33. The molecule has 0 spiro atoms. The predicted molar refractivity (Wildman–Crippen MR) is 215 cm³/mol. The van der Waals surface area contributed by atoms with E-state index in [-0.39, 0.29) is 0 Å². The van der Waals surface area contributed by atoms with E-state index in [0.29, 0.717) is 0 Å². The molecular formula is C48H34N2. The molecule has 0 aliphatic carbocycles. The summed E-state index contributed by atoms with van der Waals surface area (Å²) in [5, 5.41) is 8.60. The maximum absolute atomic E-state index is 4.49. The summed E-state index contributed by atoms with van der Waals surface area (Å²) in [5.41, 5.74) is 11.9. The van der Waals surface area contributed by atoms with Crippen molar-refractivity contribution in [3.8, 4) is 39.1 Å². The minimum absolute atomic E-state index is 1.10. The van der Waals surface area contributed by atoms with Crippen LogP contribution in [-0.4, -0.2) is 10.8 Å². The molecule has 9 rings (SSSR count). The third kappa shape index (κ3) is 4.69. The van der Waals surface area contributed by atoms with Crippen LogP contribution in [0.5, 0.6) is 0 Å². The summed E-state index contributed by atoms with van der Waals surface area (Å²) >= 11 is 0. The fourth-order valence-electron chi connectivity index (χ4n) is 7.88. The third-order valence-electron chi connectivity index (χ3n) is 10.1. The Morgan fingerprint density at radius 1 is 0.480 bits per heavy atom. The zero-order valence-corrected chi connectivity index (χ0v) is 27.8. The summed E-state index contributed by atoms with van der Waals surface area (Å²) in [4.78, 5) is 4.49. The van der Waals surface area contributed by atoms with Gasteiger partial charge in [0.15, 0.2) is 0 Å². The molecule has 0 amide bonds. The van der Waals surface area contributed by atoms with Gasteiger partial charge in [0, 0.05) is 34.4 Å². The van der Waals surface area contributed by atoms with Crippen molar-refractivity contribution in [2.24, 2.45) is 4.99 Å². The Kier molecular flexibility index (Phi) is 7.21. The molecule has 2 heteroatoms. The Bertz CT molecular complexity index is 2710. The zero-order valence-electron chi connectivity index (χ0n) is 27.8. The second kappa shape index (κ2) is 12.2. The van der Waals surface area contributed by atoms with E-state index in [1.807, 2.05) is 6.21 Å². The van der Waals surface area contributed by atoms with Crippen LogP contribution >= 0.6 is 0 Å². The normalized spacial score (nSPS) is 11.7. The number of hydrogen-bond acceptors (Lipinski definition) is 1. The van der Waals surface area contributed by atoms with Crippen molar-refractivity contribution in [3.05, 3.63) is 188 Å². The molecule has 0 fully saturated rings. The van der Waals surface area contributed by atoms with Crippen LogP contribution < -0.4 is 0 Å². The monoisotopic (exact) mass is 638 g/mol. The first kappa shape index (κ1) is 29.6. The van der Waals surface area contributed by atoms with Crippen LogP contribution in [0.2, 0.25) is 0 Å². The first-order valence-electron chi connectivity index (χ1n) is 17.1. The number of benzene rings is 8. The number of aliphatic imine (C=N–C) groups is 1. The van der Waals surface area contributed by atoms with E-state index in [0.717, 1.165) is 27.8 Å². The minimum Gasteiger partial charge on any atom is -0.313 e. The van der Waals surface area contributed by atoms with Gasteiger partial charge in [-0.2, -0.15) is 0 Å². The fourth-order valence-corrected chi connectivity index (χ4v) is 7.88. The average Bonchev–Trinajstić information content (AvgIpc) is 3.46. The lowest BCUT2D eigenvalue weighted by Gasteiger charge is -2.20. The van der Waals surface area contributed by atoms with Crippen LogP contribution in [0.15, 0.2) is 182 Å². The van der Waals surface area contributed by atoms with E-state index in [4.69, 9.17) is 0 Å². The van der Waals surface area contributed by atoms with Crippen molar-refractivity contribution in [1.82, 2.24) is 4.57 Å². The molecule has 0 N–H and O–H groups in total. The average molecular weight is 639 g/mol. The lowest BCUT2D eigenvalue weighted by molar-refractivity contribution is 1.06. The van der Waals surface area contributed by atoms with Crippen molar-refractivity contribution in [2.75, 3.05) is 0 Å². The first-order valence-corrected chi connectivity index (χ1v) is 17.1. The van der Waals surface area contributed by atoms with Gasteiger partial charge in [0.25, 0.3) is 0 Å². The van der Waals surface area contributed by atoms with Gasteiger partial charge in [-0.3, -0.25) is 4.99 Å². The maximum atomic E-state index is 4.49. The summed E-state index contributed by atoms with van der Waals surface area (Å²) in [6.45, 7) is 6.05. The van der Waals surface area contributed by atoms with Gasteiger partial charge < -0.3 is 4.57 Å². The van der Waals surface area contributed by atoms with Gasteiger partial charge in [0.1, 0.15) is 0 Å². The maximum Gasteiger partial charge on any atom is 0.0538 e. The molecule has 1 heterocycles. The van der Waals surface area contributed by atoms with Crippen molar-refractivity contribution < 1.29 is 0 Å². The molecular weight excluding hydrogens is 605 g/mol. The van der Waals surface area contributed by atoms with Gasteiger partial charge >= 0.3 is 0 Å². The lowest BCUT2D eigenvalue weighted by atomic mass is 9.84. The first-order chi connectivity index (χ1) is 24.7. The fraction of sp³-hybridized carbons (Fsp3) is 0.0208. The van der Waals surface area contributed by atoms with Crippen LogP contribution in [-0.2, 0) is 0 Å². The summed E-state index contributed by atoms with van der Waals surface area (Å²) in [7, 11) is 0. The summed E-state index contributed by atoms with van der Waals surface area (Å²) in [6, 6.07) is 59.4. The second-order valence-electron chi connectivity index (χ2n) is 12.8. The van der Waals surface area contributed by atoms with E-state index in [9.17, 15) is 0 Å². The molecule has 0 saturated carbocycles. The Labute approximate surface area is 291 Å². The molecule has 8 aromatic carbocycles. The standard InChI is InChI=1S/C48H34N2/c1-3-49-31-44-32(2)50(46-28-26-35(30-43(44)46)33-16-6-4-7-17-33)45-29-27-42(36-20-10-11-21-37(36)45)48-40-24-14-12-22-38(40)47(34-18-8-5-9-19-34)39-23-13-15-25-41(39)48/h3-31H,1H2,2H3. The molecule has 0 unspecified atom stereocenters. The van der Waals surface area contributed by atoms with Crippen molar-refractivity contribution in [3.63, 3.8) is 0 Å². The topological polar surface area (TPSA) is 17.3 Å². The van der Waals surface area contributed by atoms with E-state index in [2.05, 4.69) is 187 Å². The molecule has 0 aliphatic heterocycles. The summed E-state index contributed by atoms with van der Waals surface area (Å²) < 4.78 is 2.40. The second-order valence-corrected chi connectivity index (χ2v) is 12.8. The zero-order chi connectivity index (χ0) is 33.6. The van der Waals surface area contributed by atoms with Gasteiger partial charge in [-0.05, 0) is 85.4 Å². The third-order valence-corrected chi connectivity index (χ3v) is 10.1. The van der Waals surface area contributed by atoms with Gasteiger partial charge in [-0.15, -0.1) is 0 Å². The van der Waals surface area contributed by atoms with E-state index in [1.54, 1.807) is 6.20 Å². The number of aromatic nitrogens is 1.